The molecule has 0 aromatic carbocycles. The van der Waals surface area contributed by atoms with E-state index in [0.29, 0.717) is 38.5 Å². The molecule has 1 fully saturated rings. The van der Waals surface area contributed by atoms with Crippen LogP contribution in [0.1, 0.15) is 30.2 Å². The van der Waals surface area contributed by atoms with Crippen molar-refractivity contribution in [3.8, 4) is 0 Å². The van der Waals surface area contributed by atoms with Crippen LogP contribution in [0.3, 0.4) is 0 Å². The normalized spacial score (nSPS) is 16.9. The van der Waals surface area contributed by atoms with E-state index in [2.05, 4.69) is 0 Å². The van der Waals surface area contributed by atoms with Gasteiger partial charge in [-0.2, -0.15) is 0 Å². The number of piperazine rings is 1. The van der Waals surface area contributed by atoms with Crippen molar-refractivity contribution in [2.45, 2.75) is 26.9 Å². The summed E-state index contributed by atoms with van der Waals surface area (Å²) in [6.07, 6.45) is -0.426. The van der Waals surface area contributed by atoms with Crippen molar-refractivity contribution in [1.82, 2.24) is 9.80 Å². The molecule has 1 aromatic rings. The number of amides is 2. The third-order valence-corrected chi connectivity index (χ3v) is 3.59. The molecule has 0 saturated carbocycles. The number of hydrogen-bond acceptors (Lipinski definition) is 4. The molecule has 0 radical (unpaired) electrons. The largest absolute Gasteiger partial charge is 0.456 e. The Balaban J connectivity index is 1.88. The number of aryl methyl sites for hydroxylation is 1. The van der Waals surface area contributed by atoms with E-state index in [0.717, 1.165) is 5.76 Å². The molecular formula is C15H22N2O4. The maximum atomic E-state index is 12.2. The van der Waals surface area contributed by atoms with Crippen LogP contribution in [0, 0.1) is 6.92 Å². The summed E-state index contributed by atoms with van der Waals surface area (Å²) in [5, 5.41) is 0. The molecule has 2 amide bonds. The van der Waals surface area contributed by atoms with Gasteiger partial charge in [-0.15, -0.1) is 0 Å². The summed E-state index contributed by atoms with van der Waals surface area (Å²) in [7, 11) is 0. The van der Waals surface area contributed by atoms with Gasteiger partial charge in [-0.1, -0.05) is 0 Å². The topological polar surface area (TPSA) is 63.0 Å². The van der Waals surface area contributed by atoms with Crippen LogP contribution in [-0.4, -0.2) is 60.5 Å². The Morgan fingerprint density at radius 2 is 1.86 bits per heavy atom. The standard InChI is InChI=1S/C15H22N2O4/c1-4-20-12(3)14(18)16-7-9-17(10-8-16)15(19)13-6-5-11(2)21-13/h5-6,12H,4,7-10H2,1-3H3/t12-/m1/s1. The maximum absolute atomic E-state index is 12.2. The number of furan rings is 1. The number of hydrogen-bond donors (Lipinski definition) is 0. The van der Waals surface area contributed by atoms with Crippen molar-refractivity contribution in [2.75, 3.05) is 32.8 Å². The molecule has 0 spiro atoms. The van der Waals surface area contributed by atoms with Crippen molar-refractivity contribution in [3.63, 3.8) is 0 Å². The minimum Gasteiger partial charge on any atom is -0.456 e. The average Bonchev–Trinajstić information content (AvgIpc) is 2.92. The highest BCUT2D eigenvalue weighted by molar-refractivity contribution is 5.91. The van der Waals surface area contributed by atoms with Crippen LogP contribution in [0.5, 0.6) is 0 Å². The number of rotatable bonds is 4. The van der Waals surface area contributed by atoms with Crippen LogP contribution in [0.15, 0.2) is 16.5 Å². The second-order valence-corrected chi connectivity index (χ2v) is 5.13. The molecule has 0 bridgehead atoms. The van der Waals surface area contributed by atoms with Gasteiger partial charge >= 0.3 is 0 Å². The SMILES string of the molecule is CCO[C@H](C)C(=O)N1CCN(C(=O)c2ccc(C)o2)CC1. The van der Waals surface area contributed by atoms with E-state index in [9.17, 15) is 9.59 Å². The predicted octanol–water partition coefficient (Wildman–Crippen LogP) is 1.30. The monoisotopic (exact) mass is 294 g/mol. The highest BCUT2D eigenvalue weighted by atomic mass is 16.5. The molecule has 1 aromatic heterocycles. The van der Waals surface area contributed by atoms with Crippen LogP contribution >= 0.6 is 0 Å². The molecule has 6 heteroatoms. The fourth-order valence-corrected chi connectivity index (χ4v) is 2.41. The fourth-order valence-electron chi connectivity index (χ4n) is 2.41. The minimum atomic E-state index is -0.426. The molecule has 6 nitrogen and oxygen atoms in total. The minimum absolute atomic E-state index is 0.0159. The van der Waals surface area contributed by atoms with Gasteiger partial charge in [0.1, 0.15) is 11.9 Å². The lowest BCUT2D eigenvalue weighted by atomic mass is 10.2. The number of ether oxygens (including phenoxy) is 1. The van der Waals surface area contributed by atoms with E-state index < -0.39 is 6.10 Å². The fraction of sp³-hybridized carbons (Fsp3) is 0.600. The second kappa shape index (κ2) is 6.76. The maximum Gasteiger partial charge on any atom is 0.289 e. The van der Waals surface area contributed by atoms with Gasteiger partial charge in [0.15, 0.2) is 5.76 Å². The Labute approximate surface area is 124 Å². The zero-order valence-electron chi connectivity index (χ0n) is 12.8. The molecule has 1 aliphatic rings. The van der Waals surface area contributed by atoms with Crippen molar-refractivity contribution in [2.24, 2.45) is 0 Å². The van der Waals surface area contributed by atoms with Crippen molar-refractivity contribution in [3.05, 3.63) is 23.7 Å². The Morgan fingerprint density at radius 1 is 1.24 bits per heavy atom. The zero-order valence-corrected chi connectivity index (χ0v) is 12.8. The Hall–Kier alpha value is -1.82. The third kappa shape index (κ3) is 3.64. The van der Waals surface area contributed by atoms with E-state index >= 15 is 0 Å². The zero-order chi connectivity index (χ0) is 15.4. The average molecular weight is 294 g/mol. The number of carbonyl (C=O) groups excluding carboxylic acids is 2. The summed E-state index contributed by atoms with van der Waals surface area (Å²) in [5.74, 6) is 0.943. The van der Waals surface area contributed by atoms with Gasteiger partial charge < -0.3 is 19.0 Å². The van der Waals surface area contributed by atoms with Crippen molar-refractivity contribution < 1.29 is 18.7 Å². The lowest BCUT2D eigenvalue weighted by Crippen LogP contribution is -2.52. The van der Waals surface area contributed by atoms with Crippen LogP contribution < -0.4 is 0 Å². The first-order valence-corrected chi connectivity index (χ1v) is 7.29. The Kier molecular flexibility index (Phi) is 5.01. The van der Waals surface area contributed by atoms with Gasteiger partial charge in [0, 0.05) is 32.8 Å². The molecule has 1 atom stereocenters. The molecule has 0 aliphatic carbocycles. The summed E-state index contributed by atoms with van der Waals surface area (Å²) < 4.78 is 10.7. The highest BCUT2D eigenvalue weighted by Crippen LogP contribution is 2.12. The molecule has 2 rings (SSSR count). The summed E-state index contributed by atoms with van der Waals surface area (Å²) in [4.78, 5) is 27.8. The number of nitrogens with zero attached hydrogens (tertiary/aromatic N) is 2. The third-order valence-electron chi connectivity index (χ3n) is 3.59. The lowest BCUT2D eigenvalue weighted by molar-refractivity contribution is -0.143. The summed E-state index contributed by atoms with van der Waals surface area (Å²) in [6.45, 7) is 8.04. The van der Waals surface area contributed by atoms with Gasteiger partial charge in [0.25, 0.3) is 11.8 Å². The summed E-state index contributed by atoms with van der Waals surface area (Å²) in [5.41, 5.74) is 0. The predicted molar refractivity (Wildman–Crippen MR) is 77.0 cm³/mol. The van der Waals surface area contributed by atoms with Gasteiger partial charge in [0.05, 0.1) is 0 Å². The smallest absolute Gasteiger partial charge is 0.289 e. The van der Waals surface area contributed by atoms with E-state index in [1.165, 1.54) is 0 Å². The molecule has 0 N–H and O–H groups in total. The molecule has 21 heavy (non-hydrogen) atoms. The van der Waals surface area contributed by atoms with Crippen LogP contribution in [0.25, 0.3) is 0 Å². The second-order valence-electron chi connectivity index (χ2n) is 5.13. The summed E-state index contributed by atoms with van der Waals surface area (Å²) >= 11 is 0. The quantitative estimate of drug-likeness (QED) is 0.839. The molecule has 116 valence electrons. The van der Waals surface area contributed by atoms with E-state index in [4.69, 9.17) is 9.15 Å². The van der Waals surface area contributed by atoms with Gasteiger partial charge in [0.2, 0.25) is 0 Å². The van der Waals surface area contributed by atoms with Gasteiger partial charge in [-0.25, -0.2) is 0 Å². The molecule has 1 aliphatic heterocycles. The van der Waals surface area contributed by atoms with Crippen LogP contribution in [-0.2, 0) is 9.53 Å². The van der Waals surface area contributed by atoms with E-state index in [1.54, 1.807) is 28.9 Å². The van der Waals surface area contributed by atoms with Crippen LogP contribution in [0.2, 0.25) is 0 Å². The van der Waals surface area contributed by atoms with Gasteiger partial charge in [-0.3, -0.25) is 9.59 Å². The van der Waals surface area contributed by atoms with E-state index in [1.807, 2.05) is 13.8 Å². The van der Waals surface area contributed by atoms with E-state index in [-0.39, 0.29) is 11.8 Å². The summed E-state index contributed by atoms with van der Waals surface area (Å²) in [6, 6.07) is 3.46. The molecule has 2 heterocycles. The van der Waals surface area contributed by atoms with Crippen molar-refractivity contribution >= 4 is 11.8 Å². The molecule has 0 unspecified atom stereocenters. The van der Waals surface area contributed by atoms with Crippen LogP contribution in [0.4, 0.5) is 0 Å². The first kappa shape index (κ1) is 15.6. The number of carbonyl (C=O) groups is 2. The first-order chi connectivity index (χ1) is 10.0. The Morgan fingerprint density at radius 3 is 2.38 bits per heavy atom. The highest BCUT2D eigenvalue weighted by Gasteiger charge is 2.28. The first-order valence-electron chi connectivity index (χ1n) is 7.29. The Bertz CT molecular complexity index is 504. The van der Waals surface area contributed by atoms with Crippen molar-refractivity contribution in [1.29, 1.82) is 0 Å². The molecular weight excluding hydrogens is 272 g/mol. The molecule has 1 saturated heterocycles. The lowest BCUT2D eigenvalue weighted by Gasteiger charge is -2.35. The van der Waals surface area contributed by atoms with Gasteiger partial charge in [-0.05, 0) is 32.9 Å².